The summed E-state index contributed by atoms with van der Waals surface area (Å²) in [6.45, 7) is 1.64. The second kappa shape index (κ2) is 10.1. The first-order valence-corrected chi connectivity index (χ1v) is 11.2. The fourth-order valence-electron chi connectivity index (χ4n) is 3.07. The molecule has 0 spiro atoms. The molecule has 2 aromatic carbocycles. The minimum absolute atomic E-state index is 0.206. The Morgan fingerprint density at radius 1 is 1.00 bits per heavy atom. The van der Waals surface area contributed by atoms with E-state index < -0.39 is 22.0 Å². The maximum Gasteiger partial charge on any atom is 0.244 e. The van der Waals surface area contributed by atoms with Crippen LogP contribution in [0.5, 0.6) is 0 Å². The van der Waals surface area contributed by atoms with Crippen LogP contribution in [-0.2, 0) is 26.2 Å². The molecule has 0 aliphatic carbocycles. The molecule has 0 fully saturated rings. The lowest BCUT2D eigenvalue weighted by atomic mass is 10.1. The molecule has 0 aliphatic rings. The van der Waals surface area contributed by atoms with Crippen LogP contribution in [0.2, 0.25) is 0 Å². The second-order valence-electron chi connectivity index (χ2n) is 6.65. The highest BCUT2D eigenvalue weighted by atomic mass is 32.2. The van der Waals surface area contributed by atoms with Gasteiger partial charge < -0.3 is 10.2 Å². The molecule has 7 nitrogen and oxygen atoms in total. The number of nitrogens with one attached hydrogen (secondary N) is 1. The number of likely N-dealkylation sites (N-methyl/N-ethyl adjacent to an activating group) is 1. The van der Waals surface area contributed by atoms with E-state index in [0.29, 0.717) is 12.1 Å². The van der Waals surface area contributed by atoms with Gasteiger partial charge in [-0.2, -0.15) is 0 Å². The van der Waals surface area contributed by atoms with Gasteiger partial charge in [-0.25, -0.2) is 8.42 Å². The van der Waals surface area contributed by atoms with Crippen molar-refractivity contribution in [1.82, 2.24) is 10.2 Å². The summed E-state index contributed by atoms with van der Waals surface area (Å²) in [5.41, 5.74) is 1.25. The fraction of sp³-hybridized carbons (Fsp3) is 0.333. The van der Waals surface area contributed by atoms with Crippen LogP contribution in [0.15, 0.2) is 60.7 Å². The van der Waals surface area contributed by atoms with E-state index in [1.165, 1.54) is 11.9 Å². The van der Waals surface area contributed by atoms with Gasteiger partial charge in [-0.3, -0.25) is 13.9 Å². The van der Waals surface area contributed by atoms with Crippen molar-refractivity contribution < 1.29 is 18.0 Å². The van der Waals surface area contributed by atoms with Crippen molar-refractivity contribution >= 4 is 27.5 Å². The summed E-state index contributed by atoms with van der Waals surface area (Å²) in [5, 5.41) is 2.59. The third-order valence-corrected chi connectivity index (χ3v) is 5.69. The zero-order chi connectivity index (χ0) is 21.4. The first-order chi connectivity index (χ1) is 13.8. The molecule has 29 heavy (non-hydrogen) atoms. The Hall–Kier alpha value is -2.87. The molecule has 8 heteroatoms. The lowest BCUT2D eigenvalue weighted by molar-refractivity contribution is -0.140. The van der Waals surface area contributed by atoms with Crippen molar-refractivity contribution in [2.75, 3.05) is 24.2 Å². The predicted octanol–water partition coefficient (Wildman–Crippen LogP) is 2.01. The lowest BCUT2D eigenvalue weighted by Gasteiger charge is -2.32. The van der Waals surface area contributed by atoms with Crippen molar-refractivity contribution in [2.24, 2.45) is 0 Å². The standard InChI is InChI=1S/C21H27N3O4S/c1-4-19(21(26)22-2)23(15-17-11-7-5-8-12-17)20(25)16-24(29(3,27)28)18-13-9-6-10-14-18/h5-14,19H,4,15-16H2,1-3H3,(H,22,26). The van der Waals surface area contributed by atoms with Crippen LogP contribution in [0.25, 0.3) is 0 Å². The molecule has 0 heterocycles. The summed E-state index contributed by atoms with van der Waals surface area (Å²) in [7, 11) is -2.18. The van der Waals surface area contributed by atoms with Crippen LogP contribution in [0.4, 0.5) is 5.69 Å². The monoisotopic (exact) mass is 417 g/mol. The van der Waals surface area contributed by atoms with E-state index in [4.69, 9.17) is 0 Å². The molecular weight excluding hydrogens is 390 g/mol. The van der Waals surface area contributed by atoms with E-state index in [2.05, 4.69) is 5.32 Å². The Kier molecular flexibility index (Phi) is 7.78. The van der Waals surface area contributed by atoms with Gasteiger partial charge in [0.05, 0.1) is 11.9 Å². The lowest BCUT2D eigenvalue weighted by Crippen LogP contribution is -2.51. The number of benzene rings is 2. The topological polar surface area (TPSA) is 86.8 Å². The van der Waals surface area contributed by atoms with E-state index in [1.54, 1.807) is 30.3 Å². The Bertz CT molecular complexity index is 917. The van der Waals surface area contributed by atoms with E-state index in [9.17, 15) is 18.0 Å². The van der Waals surface area contributed by atoms with Crippen molar-refractivity contribution in [3.05, 3.63) is 66.2 Å². The van der Waals surface area contributed by atoms with Gasteiger partial charge in [-0.05, 0) is 24.1 Å². The number of anilines is 1. The summed E-state index contributed by atoms with van der Waals surface area (Å²) in [4.78, 5) is 27.1. The molecule has 2 rings (SSSR count). The Morgan fingerprint density at radius 3 is 2.03 bits per heavy atom. The van der Waals surface area contributed by atoms with E-state index >= 15 is 0 Å². The van der Waals surface area contributed by atoms with Gasteiger partial charge in [-0.15, -0.1) is 0 Å². The van der Waals surface area contributed by atoms with Crippen LogP contribution in [0, 0.1) is 0 Å². The predicted molar refractivity (Wildman–Crippen MR) is 114 cm³/mol. The highest BCUT2D eigenvalue weighted by molar-refractivity contribution is 7.92. The number of nitrogens with zero attached hydrogens (tertiary/aromatic N) is 2. The van der Waals surface area contributed by atoms with Gasteiger partial charge >= 0.3 is 0 Å². The summed E-state index contributed by atoms with van der Waals surface area (Å²) < 4.78 is 25.8. The molecule has 2 aromatic rings. The third-order valence-electron chi connectivity index (χ3n) is 4.55. The molecule has 0 saturated carbocycles. The van der Waals surface area contributed by atoms with Gasteiger partial charge in [0.15, 0.2) is 0 Å². The van der Waals surface area contributed by atoms with Crippen molar-refractivity contribution in [3.63, 3.8) is 0 Å². The highest BCUT2D eigenvalue weighted by Gasteiger charge is 2.31. The Morgan fingerprint density at radius 2 is 1.55 bits per heavy atom. The number of hydrogen-bond acceptors (Lipinski definition) is 4. The highest BCUT2D eigenvalue weighted by Crippen LogP contribution is 2.19. The first kappa shape index (κ1) is 22.4. The number of hydrogen-bond donors (Lipinski definition) is 1. The molecule has 1 N–H and O–H groups in total. The molecule has 0 aliphatic heterocycles. The Labute approximate surface area is 172 Å². The molecule has 2 amide bonds. The zero-order valence-corrected chi connectivity index (χ0v) is 17.7. The normalized spacial score (nSPS) is 12.1. The smallest absolute Gasteiger partial charge is 0.244 e. The molecule has 0 bridgehead atoms. The van der Waals surface area contributed by atoms with Crippen molar-refractivity contribution in [1.29, 1.82) is 0 Å². The quantitative estimate of drug-likeness (QED) is 0.676. The SMILES string of the molecule is CCC(C(=O)NC)N(Cc1ccccc1)C(=O)CN(c1ccccc1)S(C)(=O)=O. The minimum atomic E-state index is -3.69. The largest absolute Gasteiger partial charge is 0.357 e. The average molecular weight is 418 g/mol. The van der Waals surface area contributed by atoms with Crippen LogP contribution in [0.3, 0.4) is 0 Å². The maximum absolute atomic E-state index is 13.2. The number of sulfonamides is 1. The molecule has 0 aromatic heterocycles. The summed E-state index contributed by atoms with van der Waals surface area (Å²) >= 11 is 0. The number of rotatable bonds is 9. The number of carbonyl (C=O) groups is 2. The summed E-state index contributed by atoms with van der Waals surface area (Å²) in [6, 6.07) is 17.0. The molecule has 0 radical (unpaired) electrons. The van der Waals surface area contributed by atoms with Crippen molar-refractivity contribution in [3.8, 4) is 0 Å². The maximum atomic E-state index is 13.2. The van der Waals surface area contributed by atoms with Crippen LogP contribution < -0.4 is 9.62 Å². The Balaban J connectivity index is 2.37. The third kappa shape index (κ3) is 6.05. The molecular formula is C21H27N3O4S. The second-order valence-corrected chi connectivity index (χ2v) is 8.56. The number of amides is 2. The van der Waals surface area contributed by atoms with Gasteiger partial charge in [0.25, 0.3) is 0 Å². The number of carbonyl (C=O) groups excluding carboxylic acids is 2. The molecule has 1 unspecified atom stereocenters. The van der Waals surface area contributed by atoms with Gasteiger partial charge in [0.2, 0.25) is 21.8 Å². The zero-order valence-electron chi connectivity index (χ0n) is 16.9. The molecule has 156 valence electrons. The number of para-hydroxylation sites is 1. The first-order valence-electron chi connectivity index (χ1n) is 9.35. The summed E-state index contributed by atoms with van der Waals surface area (Å²) in [6.07, 6.45) is 1.47. The molecule has 0 saturated heterocycles. The summed E-state index contributed by atoms with van der Waals surface area (Å²) in [5.74, 6) is -0.735. The van der Waals surface area contributed by atoms with Crippen molar-refractivity contribution in [2.45, 2.75) is 25.9 Å². The minimum Gasteiger partial charge on any atom is -0.357 e. The van der Waals surface area contributed by atoms with E-state index in [1.807, 2.05) is 37.3 Å². The van der Waals surface area contributed by atoms with E-state index in [-0.39, 0.29) is 19.0 Å². The van der Waals surface area contributed by atoms with Gasteiger partial charge in [-0.1, -0.05) is 55.5 Å². The average Bonchev–Trinajstić information content (AvgIpc) is 2.72. The molecule has 1 atom stereocenters. The van der Waals surface area contributed by atoms with Crippen LogP contribution >= 0.6 is 0 Å². The van der Waals surface area contributed by atoms with Crippen LogP contribution in [-0.4, -0.2) is 51.0 Å². The van der Waals surface area contributed by atoms with Gasteiger partial charge in [0, 0.05) is 13.6 Å². The van der Waals surface area contributed by atoms with E-state index in [0.717, 1.165) is 16.1 Å². The fourth-order valence-corrected chi connectivity index (χ4v) is 3.92. The van der Waals surface area contributed by atoms with Crippen LogP contribution in [0.1, 0.15) is 18.9 Å². The van der Waals surface area contributed by atoms with Gasteiger partial charge in [0.1, 0.15) is 12.6 Å².